The highest BCUT2D eigenvalue weighted by molar-refractivity contribution is 7.13. The number of thiophene rings is 1. The average Bonchev–Trinajstić information content (AvgIpc) is 3.32. The van der Waals surface area contributed by atoms with Crippen LogP contribution in [-0.4, -0.2) is 25.1 Å². The first-order valence-electron chi connectivity index (χ1n) is 9.57. The molecule has 4 rings (SSSR count). The van der Waals surface area contributed by atoms with Crippen LogP contribution in [0.4, 0.5) is 0 Å². The van der Waals surface area contributed by atoms with Crippen LogP contribution >= 0.6 is 11.3 Å². The quantitative estimate of drug-likeness (QED) is 0.451. The molecule has 2 aromatic carbocycles. The van der Waals surface area contributed by atoms with E-state index in [-0.39, 0.29) is 11.9 Å². The van der Waals surface area contributed by atoms with E-state index in [1.807, 2.05) is 73.0 Å². The number of para-hydroxylation sites is 1. The second-order valence-electron chi connectivity index (χ2n) is 6.86. The summed E-state index contributed by atoms with van der Waals surface area (Å²) in [4.78, 5) is 19.0. The van der Waals surface area contributed by atoms with Gasteiger partial charge in [0.2, 0.25) is 0 Å². The van der Waals surface area contributed by atoms with E-state index in [9.17, 15) is 4.79 Å². The maximum atomic E-state index is 13.3. The number of carbonyl (C=O) groups excluding carboxylic acids is 1. The van der Waals surface area contributed by atoms with Gasteiger partial charge in [-0.1, -0.05) is 30.3 Å². The highest BCUT2D eigenvalue weighted by Crippen LogP contribution is 2.31. The number of nitrogens with zero attached hydrogens (tertiary/aromatic N) is 1. The number of aromatic nitrogens is 1. The first-order valence-corrected chi connectivity index (χ1v) is 10.4. The Morgan fingerprint density at radius 2 is 1.80 bits per heavy atom. The van der Waals surface area contributed by atoms with Crippen LogP contribution in [0.15, 0.2) is 66.0 Å². The average molecular weight is 419 g/mol. The van der Waals surface area contributed by atoms with E-state index in [0.717, 1.165) is 27.0 Å². The van der Waals surface area contributed by atoms with Crippen molar-refractivity contribution >= 4 is 28.1 Å². The van der Waals surface area contributed by atoms with Gasteiger partial charge in [0.1, 0.15) is 0 Å². The topological polar surface area (TPSA) is 60.5 Å². The van der Waals surface area contributed by atoms with Gasteiger partial charge in [-0.25, -0.2) is 4.98 Å². The van der Waals surface area contributed by atoms with Crippen molar-refractivity contribution in [2.45, 2.75) is 13.0 Å². The Morgan fingerprint density at radius 3 is 2.53 bits per heavy atom. The molecule has 5 nitrogen and oxygen atoms in total. The third-order valence-corrected chi connectivity index (χ3v) is 5.88. The lowest BCUT2D eigenvalue weighted by atomic mass is 10.0. The Hall–Kier alpha value is -3.38. The minimum Gasteiger partial charge on any atom is -0.493 e. The van der Waals surface area contributed by atoms with E-state index < -0.39 is 0 Å². The summed E-state index contributed by atoms with van der Waals surface area (Å²) in [5.41, 5.74) is 3.13. The van der Waals surface area contributed by atoms with Crippen molar-refractivity contribution in [1.29, 1.82) is 0 Å². The molecule has 0 unspecified atom stereocenters. The van der Waals surface area contributed by atoms with E-state index in [0.29, 0.717) is 17.1 Å². The number of fused-ring (bicyclic) bond motifs is 1. The van der Waals surface area contributed by atoms with Crippen molar-refractivity contribution in [3.8, 4) is 22.1 Å². The molecule has 0 bridgehead atoms. The molecule has 0 aliphatic carbocycles. The zero-order valence-corrected chi connectivity index (χ0v) is 17.8. The van der Waals surface area contributed by atoms with Crippen LogP contribution in [0, 0.1) is 0 Å². The fraction of sp³-hybridized carbons (Fsp3) is 0.167. The van der Waals surface area contributed by atoms with Crippen LogP contribution in [0.5, 0.6) is 11.5 Å². The lowest BCUT2D eigenvalue weighted by molar-refractivity contribution is 0.0941. The van der Waals surface area contributed by atoms with Crippen molar-refractivity contribution in [1.82, 2.24) is 10.3 Å². The van der Waals surface area contributed by atoms with E-state index >= 15 is 0 Å². The van der Waals surface area contributed by atoms with Crippen LogP contribution < -0.4 is 14.8 Å². The van der Waals surface area contributed by atoms with E-state index in [1.165, 1.54) is 0 Å². The Bertz CT molecular complexity index is 1190. The molecule has 4 aromatic rings. The second kappa shape index (κ2) is 8.55. The summed E-state index contributed by atoms with van der Waals surface area (Å²) in [5.74, 6) is 1.14. The van der Waals surface area contributed by atoms with Gasteiger partial charge in [-0.2, -0.15) is 0 Å². The predicted molar refractivity (Wildman–Crippen MR) is 120 cm³/mol. The van der Waals surface area contributed by atoms with Crippen LogP contribution in [0.3, 0.4) is 0 Å². The number of carbonyl (C=O) groups is 1. The fourth-order valence-electron chi connectivity index (χ4n) is 3.39. The number of nitrogens with one attached hydrogen (secondary N) is 1. The minimum atomic E-state index is -0.213. The Balaban J connectivity index is 1.68. The first-order chi connectivity index (χ1) is 14.6. The second-order valence-corrected chi connectivity index (χ2v) is 7.81. The number of amides is 1. The molecule has 0 saturated heterocycles. The maximum absolute atomic E-state index is 13.3. The SMILES string of the molecule is COc1ccc([C@@H](C)NC(=O)c2cc(-c3cccs3)nc3ccccc23)cc1OC. The normalized spacial score (nSPS) is 11.8. The molecule has 1 N–H and O–H groups in total. The molecule has 1 atom stereocenters. The molecule has 30 heavy (non-hydrogen) atoms. The molecular formula is C24H22N2O3S. The van der Waals surface area contributed by atoms with Crippen molar-refractivity contribution < 1.29 is 14.3 Å². The molecular weight excluding hydrogens is 396 g/mol. The molecule has 0 spiro atoms. The highest BCUT2D eigenvalue weighted by atomic mass is 32.1. The third-order valence-electron chi connectivity index (χ3n) is 4.99. The van der Waals surface area contributed by atoms with Gasteiger partial charge in [0.15, 0.2) is 11.5 Å². The van der Waals surface area contributed by atoms with Crippen LogP contribution in [0.1, 0.15) is 28.9 Å². The number of pyridine rings is 1. The molecule has 0 saturated carbocycles. The molecule has 0 fully saturated rings. The number of hydrogen-bond acceptors (Lipinski definition) is 5. The maximum Gasteiger partial charge on any atom is 0.252 e. The van der Waals surface area contributed by atoms with Crippen LogP contribution in [0.2, 0.25) is 0 Å². The molecule has 2 heterocycles. The van der Waals surface area contributed by atoms with Gasteiger partial charge in [-0.05, 0) is 48.2 Å². The molecule has 0 aliphatic heterocycles. The molecule has 0 aliphatic rings. The fourth-order valence-corrected chi connectivity index (χ4v) is 4.08. The molecule has 0 radical (unpaired) electrons. The van der Waals surface area contributed by atoms with Gasteiger partial charge in [0, 0.05) is 5.39 Å². The molecule has 6 heteroatoms. The van der Waals surface area contributed by atoms with Gasteiger partial charge in [-0.3, -0.25) is 4.79 Å². The number of benzene rings is 2. The summed E-state index contributed by atoms with van der Waals surface area (Å²) in [6.45, 7) is 1.95. The summed E-state index contributed by atoms with van der Waals surface area (Å²) in [7, 11) is 3.20. The monoisotopic (exact) mass is 418 g/mol. The van der Waals surface area contributed by atoms with Crippen molar-refractivity contribution in [2.24, 2.45) is 0 Å². The molecule has 2 aromatic heterocycles. The zero-order valence-electron chi connectivity index (χ0n) is 17.0. The standard InChI is InChI=1S/C24H22N2O3S/c1-15(16-10-11-21(28-2)22(13-16)29-3)25-24(27)18-14-20(23-9-6-12-30-23)26-19-8-5-4-7-17(18)19/h4-15H,1-3H3,(H,25,27)/t15-/m1/s1. The van der Waals surface area contributed by atoms with E-state index in [4.69, 9.17) is 14.5 Å². The van der Waals surface area contributed by atoms with Crippen LogP contribution in [0.25, 0.3) is 21.5 Å². The first kappa shape index (κ1) is 19.9. The van der Waals surface area contributed by atoms with Crippen molar-refractivity contribution in [3.63, 3.8) is 0 Å². The minimum absolute atomic E-state index is 0.145. The smallest absolute Gasteiger partial charge is 0.252 e. The number of hydrogen-bond donors (Lipinski definition) is 1. The Kier molecular flexibility index (Phi) is 5.68. The summed E-state index contributed by atoms with van der Waals surface area (Å²) in [6.07, 6.45) is 0. The number of methoxy groups -OCH3 is 2. The van der Waals surface area contributed by atoms with Gasteiger partial charge in [0.25, 0.3) is 5.91 Å². The van der Waals surface area contributed by atoms with E-state index in [1.54, 1.807) is 25.6 Å². The largest absolute Gasteiger partial charge is 0.493 e. The highest BCUT2D eigenvalue weighted by Gasteiger charge is 2.18. The summed E-state index contributed by atoms with van der Waals surface area (Å²) < 4.78 is 10.7. The zero-order chi connectivity index (χ0) is 21.1. The van der Waals surface area contributed by atoms with E-state index in [2.05, 4.69) is 5.32 Å². The predicted octanol–water partition coefficient (Wildman–Crippen LogP) is 5.47. The summed E-state index contributed by atoms with van der Waals surface area (Å²) in [6, 6.07) is 19.0. The number of rotatable bonds is 6. The lowest BCUT2D eigenvalue weighted by Crippen LogP contribution is -2.27. The van der Waals surface area contributed by atoms with Gasteiger partial charge in [-0.15, -0.1) is 11.3 Å². The summed E-state index contributed by atoms with van der Waals surface area (Å²) in [5, 5.41) is 5.94. The molecule has 1 amide bonds. The third kappa shape index (κ3) is 3.86. The summed E-state index contributed by atoms with van der Waals surface area (Å²) >= 11 is 1.60. The Morgan fingerprint density at radius 1 is 1.00 bits per heavy atom. The van der Waals surface area contributed by atoms with Crippen molar-refractivity contribution in [2.75, 3.05) is 14.2 Å². The number of ether oxygens (including phenoxy) is 2. The lowest BCUT2D eigenvalue weighted by Gasteiger charge is -2.17. The van der Waals surface area contributed by atoms with Gasteiger partial charge >= 0.3 is 0 Å². The van der Waals surface area contributed by atoms with Gasteiger partial charge in [0.05, 0.1) is 41.9 Å². The Labute approximate surface area is 179 Å². The molecule has 152 valence electrons. The van der Waals surface area contributed by atoms with Crippen molar-refractivity contribution in [3.05, 3.63) is 77.2 Å². The van der Waals surface area contributed by atoms with Gasteiger partial charge < -0.3 is 14.8 Å². The van der Waals surface area contributed by atoms with Crippen LogP contribution in [-0.2, 0) is 0 Å².